The fourth-order valence-electron chi connectivity index (χ4n) is 5.28. The number of methoxy groups -OCH3 is 1. The Bertz CT molecular complexity index is 1650. The third-order valence-electron chi connectivity index (χ3n) is 7.70. The Morgan fingerprint density at radius 1 is 1.00 bits per heavy atom. The maximum atomic E-state index is 14.1. The standard InChI is InChI=1S/C33H37N5O5/c1-18-12-25(30(35)39)13-19(2)26(18)15-27(34)32(40)38(17-22-9-10-29(43-5)20(3)11-22)21(4)31-36-16-28(37-31)23-7-6-8-24(14-23)33(41)42/h6-14,16,21,27H,15,17,34H2,1-5H3,(H2,35,39)(H,36,37)(H,41,42)/t21-,27-/m0/s1. The zero-order chi connectivity index (χ0) is 31.4. The third kappa shape index (κ3) is 6.92. The summed E-state index contributed by atoms with van der Waals surface area (Å²) in [5, 5.41) is 9.40. The van der Waals surface area contributed by atoms with Crippen molar-refractivity contribution in [3.05, 3.63) is 106 Å². The van der Waals surface area contributed by atoms with Crippen molar-refractivity contribution < 1.29 is 24.2 Å². The number of aromatic nitrogens is 2. The lowest BCUT2D eigenvalue weighted by atomic mass is 9.93. The number of aromatic amines is 1. The van der Waals surface area contributed by atoms with Crippen LogP contribution in [0.5, 0.6) is 5.75 Å². The van der Waals surface area contributed by atoms with Gasteiger partial charge < -0.3 is 31.2 Å². The number of nitrogens with one attached hydrogen (secondary N) is 1. The molecule has 0 aliphatic heterocycles. The van der Waals surface area contributed by atoms with Gasteiger partial charge in [-0.25, -0.2) is 9.78 Å². The number of primary amides is 1. The van der Waals surface area contributed by atoms with Gasteiger partial charge in [-0.15, -0.1) is 0 Å². The summed E-state index contributed by atoms with van der Waals surface area (Å²) < 4.78 is 5.41. The number of hydrogen-bond donors (Lipinski definition) is 4. The number of nitrogens with zero attached hydrogens (tertiary/aromatic N) is 2. The summed E-state index contributed by atoms with van der Waals surface area (Å²) in [6, 6.07) is 14.4. The van der Waals surface area contributed by atoms with Crippen molar-refractivity contribution in [1.29, 1.82) is 0 Å². The second-order valence-electron chi connectivity index (χ2n) is 10.8. The van der Waals surface area contributed by atoms with Gasteiger partial charge in [-0.1, -0.05) is 24.3 Å². The van der Waals surface area contributed by atoms with Crippen LogP contribution in [0.2, 0.25) is 0 Å². The molecule has 0 unspecified atom stereocenters. The highest BCUT2D eigenvalue weighted by Crippen LogP contribution is 2.28. The summed E-state index contributed by atoms with van der Waals surface area (Å²) in [6.45, 7) is 7.82. The van der Waals surface area contributed by atoms with Crippen molar-refractivity contribution in [3.8, 4) is 17.0 Å². The van der Waals surface area contributed by atoms with Crippen LogP contribution in [0.1, 0.15) is 67.3 Å². The molecule has 0 fully saturated rings. The van der Waals surface area contributed by atoms with Crippen LogP contribution in [0.15, 0.2) is 60.8 Å². The number of carbonyl (C=O) groups excluding carboxylic acids is 2. The van der Waals surface area contributed by atoms with Gasteiger partial charge in [0.25, 0.3) is 0 Å². The average molecular weight is 584 g/mol. The summed E-state index contributed by atoms with van der Waals surface area (Å²) in [5.41, 5.74) is 18.3. The Labute approximate surface area is 250 Å². The van der Waals surface area contributed by atoms with Crippen molar-refractivity contribution in [2.75, 3.05) is 7.11 Å². The summed E-state index contributed by atoms with van der Waals surface area (Å²) >= 11 is 0. The van der Waals surface area contributed by atoms with Crippen molar-refractivity contribution in [2.45, 2.75) is 52.7 Å². The van der Waals surface area contributed by atoms with Gasteiger partial charge >= 0.3 is 5.97 Å². The maximum Gasteiger partial charge on any atom is 0.335 e. The second kappa shape index (κ2) is 12.9. The molecule has 0 saturated heterocycles. The molecule has 1 heterocycles. The molecule has 43 heavy (non-hydrogen) atoms. The first-order valence-electron chi connectivity index (χ1n) is 13.9. The van der Waals surface area contributed by atoms with E-state index in [0.29, 0.717) is 22.6 Å². The molecule has 4 aromatic rings. The van der Waals surface area contributed by atoms with E-state index >= 15 is 0 Å². The molecule has 0 saturated carbocycles. The molecule has 0 aliphatic carbocycles. The van der Waals surface area contributed by atoms with Crippen LogP contribution in [-0.2, 0) is 17.8 Å². The van der Waals surface area contributed by atoms with E-state index in [0.717, 1.165) is 33.6 Å². The number of carboxylic acid groups (broad SMARTS) is 1. The molecule has 0 radical (unpaired) electrons. The normalized spacial score (nSPS) is 12.4. The monoisotopic (exact) mass is 583 g/mol. The molecule has 4 rings (SSSR count). The Balaban J connectivity index is 1.66. The maximum absolute atomic E-state index is 14.1. The zero-order valence-electron chi connectivity index (χ0n) is 25.0. The van der Waals surface area contributed by atoms with Crippen LogP contribution < -0.4 is 16.2 Å². The molecular formula is C33H37N5O5. The molecule has 10 nitrogen and oxygen atoms in total. The number of carbonyl (C=O) groups is 3. The van der Waals surface area contributed by atoms with Gasteiger partial charge in [-0.3, -0.25) is 9.59 Å². The van der Waals surface area contributed by atoms with Crippen LogP contribution in [0.3, 0.4) is 0 Å². The Hall–Kier alpha value is -4.96. The first-order valence-corrected chi connectivity index (χ1v) is 13.9. The van der Waals surface area contributed by atoms with E-state index in [1.807, 2.05) is 45.9 Å². The molecule has 6 N–H and O–H groups in total. The zero-order valence-corrected chi connectivity index (χ0v) is 25.0. The first kappa shape index (κ1) is 31.0. The molecule has 3 aromatic carbocycles. The number of H-pyrrole nitrogens is 1. The second-order valence-corrected chi connectivity index (χ2v) is 10.8. The van der Waals surface area contributed by atoms with Gasteiger partial charge in [-0.2, -0.15) is 0 Å². The number of rotatable bonds is 11. The molecule has 0 aliphatic rings. The number of nitrogens with two attached hydrogens (primary N) is 2. The largest absolute Gasteiger partial charge is 0.496 e. The Morgan fingerprint density at radius 3 is 2.30 bits per heavy atom. The summed E-state index contributed by atoms with van der Waals surface area (Å²) in [6.07, 6.45) is 1.89. The number of ether oxygens (including phenoxy) is 1. The van der Waals surface area contributed by atoms with Crippen molar-refractivity contribution in [1.82, 2.24) is 14.9 Å². The lowest BCUT2D eigenvalue weighted by molar-refractivity contribution is -0.135. The minimum atomic E-state index is -1.02. The smallest absolute Gasteiger partial charge is 0.335 e. The van der Waals surface area contributed by atoms with Crippen LogP contribution in [-0.4, -0.2) is 50.9 Å². The van der Waals surface area contributed by atoms with E-state index in [2.05, 4.69) is 9.97 Å². The molecule has 0 spiro atoms. The number of aryl methyl sites for hydroxylation is 3. The predicted octanol–water partition coefficient (Wildman–Crippen LogP) is 4.47. The summed E-state index contributed by atoms with van der Waals surface area (Å²) in [4.78, 5) is 46.8. The summed E-state index contributed by atoms with van der Waals surface area (Å²) in [5.74, 6) is -0.536. The van der Waals surface area contributed by atoms with Gasteiger partial charge in [0.05, 0.1) is 36.6 Å². The van der Waals surface area contributed by atoms with E-state index in [1.54, 1.807) is 48.5 Å². The van der Waals surface area contributed by atoms with Gasteiger partial charge in [0, 0.05) is 17.7 Å². The van der Waals surface area contributed by atoms with E-state index in [4.69, 9.17) is 16.2 Å². The van der Waals surface area contributed by atoms with Crippen molar-refractivity contribution >= 4 is 17.8 Å². The van der Waals surface area contributed by atoms with Gasteiger partial charge in [-0.05, 0) is 92.3 Å². The molecule has 224 valence electrons. The van der Waals surface area contributed by atoms with Crippen LogP contribution >= 0.6 is 0 Å². The van der Waals surface area contributed by atoms with Crippen LogP contribution in [0, 0.1) is 20.8 Å². The topological polar surface area (TPSA) is 165 Å². The lowest BCUT2D eigenvalue weighted by Gasteiger charge is -2.31. The average Bonchev–Trinajstić information content (AvgIpc) is 3.47. The Morgan fingerprint density at radius 2 is 1.70 bits per heavy atom. The number of carboxylic acids is 1. The molecule has 1 aromatic heterocycles. The predicted molar refractivity (Wildman–Crippen MR) is 164 cm³/mol. The quantitative estimate of drug-likeness (QED) is 0.202. The molecule has 0 bridgehead atoms. The molecule has 10 heteroatoms. The molecule has 2 atom stereocenters. The lowest BCUT2D eigenvalue weighted by Crippen LogP contribution is -2.46. The number of imidazole rings is 1. The number of aromatic carboxylic acids is 1. The minimum Gasteiger partial charge on any atom is -0.496 e. The fourth-order valence-corrected chi connectivity index (χ4v) is 5.28. The number of hydrogen-bond acceptors (Lipinski definition) is 6. The van der Waals surface area contributed by atoms with E-state index in [-0.39, 0.29) is 24.4 Å². The van der Waals surface area contributed by atoms with Crippen molar-refractivity contribution in [3.63, 3.8) is 0 Å². The van der Waals surface area contributed by atoms with Crippen LogP contribution in [0.4, 0.5) is 0 Å². The minimum absolute atomic E-state index is 0.161. The Kier molecular flexibility index (Phi) is 9.30. The van der Waals surface area contributed by atoms with Crippen LogP contribution in [0.25, 0.3) is 11.3 Å². The third-order valence-corrected chi connectivity index (χ3v) is 7.70. The van der Waals surface area contributed by atoms with E-state index < -0.39 is 24.0 Å². The van der Waals surface area contributed by atoms with Gasteiger partial charge in [0.15, 0.2) is 0 Å². The number of amides is 2. The molecular weight excluding hydrogens is 546 g/mol. The highest BCUT2D eigenvalue weighted by molar-refractivity contribution is 5.93. The van der Waals surface area contributed by atoms with Crippen molar-refractivity contribution in [2.24, 2.45) is 11.5 Å². The van der Waals surface area contributed by atoms with E-state index in [9.17, 15) is 19.5 Å². The fraction of sp³-hybridized carbons (Fsp3) is 0.273. The number of benzene rings is 3. The SMILES string of the molecule is COc1ccc(CN(C(=O)[C@@H](N)Cc2c(C)cc(C(N)=O)cc2C)[C@@H](C)c2ncc(-c3cccc(C(=O)O)c3)[nH]2)cc1C. The first-order chi connectivity index (χ1) is 20.4. The highest BCUT2D eigenvalue weighted by Gasteiger charge is 2.29. The molecule has 2 amide bonds. The van der Waals surface area contributed by atoms with Gasteiger partial charge in [0.2, 0.25) is 11.8 Å². The van der Waals surface area contributed by atoms with E-state index in [1.165, 1.54) is 6.07 Å². The highest BCUT2D eigenvalue weighted by atomic mass is 16.5. The van der Waals surface area contributed by atoms with Gasteiger partial charge in [0.1, 0.15) is 11.6 Å². The summed E-state index contributed by atoms with van der Waals surface area (Å²) in [7, 11) is 1.61.